The predicted molar refractivity (Wildman–Crippen MR) is 273 cm³/mol. The van der Waals surface area contributed by atoms with Gasteiger partial charge in [0.25, 0.3) is 0 Å². The Bertz CT molecular complexity index is 3300. The van der Waals surface area contributed by atoms with Crippen LogP contribution in [0.1, 0.15) is 54.2 Å². The molecule has 4 nitrogen and oxygen atoms in total. The molecule has 1 aliphatic rings. The standard InChI is InChI=1S/C44H34N4.C15H14.C2H2/c1-4-28-23-24-31(43-46-41(29-15-7-5-8-16-29)45-42(47-43)30-17-9-6-10-18-30)25-39(28)48-38-22-14-12-20-33(38)35-26-34-32-19-11-13-21-36(32)44(2,3)37(34)27-40(35)48;1-12-8-6-7-11-15(12)13(2)14-9-4-3-5-10-14;1-2/h5-27H,4H2,1-3H3;3-11H,2H2,1H3;1-2H. The molecule has 2 heterocycles. The Morgan fingerprint density at radius 2 is 1.08 bits per heavy atom. The number of benzene rings is 8. The van der Waals surface area contributed by atoms with Crippen molar-refractivity contribution in [1.29, 1.82) is 0 Å². The Balaban J connectivity index is 0.000000265. The second-order valence-electron chi connectivity index (χ2n) is 16.8. The molecule has 0 N–H and O–H groups in total. The molecule has 0 bridgehead atoms. The van der Waals surface area contributed by atoms with E-state index >= 15 is 0 Å². The van der Waals surface area contributed by atoms with Crippen LogP contribution in [0.5, 0.6) is 0 Å². The van der Waals surface area contributed by atoms with Crippen molar-refractivity contribution in [2.75, 3.05) is 0 Å². The van der Waals surface area contributed by atoms with Gasteiger partial charge in [0.05, 0.1) is 16.7 Å². The van der Waals surface area contributed by atoms with Crippen molar-refractivity contribution in [2.24, 2.45) is 0 Å². The van der Waals surface area contributed by atoms with Crippen molar-refractivity contribution in [3.8, 4) is 63.8 Å². The molecule has 1 aliphatic carbocycles. The maximum absolute atomic E-state index is 5.06. The Morgan fingerprint density at radius 3 is 1.72 bits per heavy atom. The summed E-state index contributed by atoms with van der Waals surface area (Å²) in [5.41, 5.74) is 17.8. The summed E-state index contributed by atoms with van der Waals surface area (Å²) in [7, 11) is 0. The fourth-order valence-corrected chi connectivity index (χ4v) is 9.28. The minimum Gasteiger partial charge on any atom is -0.309 e. The number of hydrogen-bond acceptors (Lipinski definition) is 3. The van der Waals surface area contributed by atoms with Crippen LogP contribution in [0.4, 0.5) is 0 Å². The molecule has 0 atom stereocenters. The lowest BCUT2D eigenvalue weighted by Crippen LogP contribution is -2.15. The van der Waals surface area contributed by atoms with E-state index in [2.05, 4.69) is 191 Å². The summed E-state index contributed by atoms with van der Waals surface area (Å²) in [6.45, 7) is 13.2. The van der Waals surface area contributed by atoms with Crippen LogP contribution >= 0.6 is 0 Å². The fourth-order valence-electron chi connectivity index (χ4n) is 9.28. The van der Waals surface area contributed by atoms with Crippen LogP contribution in [0.3, 0.4) is 0 Å². The van der Waals surface area contributed by atoms with Gasteiger partial charge >= 0.3 is 0 Å². The zero-order chi connectivity index (χ0) is 45.1. The van der Waals surface area contributed by atoms with E-state index in [1.807, 2.05) is 54.6 Å². The van der Waals surface area contributed by atoms with Crippen molar-refractivity contribution in [3.05, 3.63) is 234 Å². The van der Waals surface area contributed by atoms with Crippen LogP contribution in [-0.4, -0.2) is 19.5 Å². The first-order valence-corrected chi connectivity index (χ1v) is 22.1. The van der Waals surface area contributed by atoms with Gasteiger partial charge in [-0.1, -0.05) is 197 Å². The van der Waals surface area contributed by atoms with Crippen LogP contribution < -0.4 is 0 Å². The summed E-state index contributed by atoms with van der Waals surface area (Å²) < 4.78 is 2.46. The van der Waals surface area contributed by atoms with Gasteiger partial charge < -0.3 is 4.57 Å². The molecule has 10 aromatic rings. The third-order valence-electron chi connectivity index (χ3n) is 12.6. The quantitative estimate of drug-likeness (QED) is 0.150. The number of hydrogen-bond donors (Lipinski definition) is 0. The number of fused-ring (bicyclic) bond motifs is 6. The van der Waals surface area contributed by atoms with Crippen molar-refractivity contribution in [3.63, 3.8) is 0 Å². The van der Waals surface area contributed by atoms with Crippen molar-refractivity contribution >= 4 is 27.4 Å². The molecule has 0 radical (unpaired) electrons. The maximum Gasteiger partial charge on any atom is 0.164 e. The minimum atomic E-state index is -0.0939. The highest BCUT2D eigenvalue weighted by molar-refractivity contribution is 6.11. The molecule has 2 aromatic heterocycles. The molecule has 314 valence electrons. The van der Waals surface area contributed by atoms with Gasteiger partial charge in [-0.25, -0.2) is 15.0 Å². The normalized spacial score (nSPS) is 12.0. The number of para-hydroxylation sites is 1. The fraction of sp³-hybridized carbons (Fsp3) is 0.0984. The van der Waals surface area contributed by atoms with E-state index in [0.29, 0.717) is 17.5 Å². The lowest BCUT2D eigenvalue weighted by molar-refractivity contribution is 0.661. The first-order valence-electron chi connectivity index (χ1n) is 22.1. The highest BCUT2D eigenvalue weighted by atomic mass is 15.0. The summed E-state index contributed by atoms with van der Waals surface area (Å²) in [5.74, 6) is 1.98. The van der Waals surface area contributed by atoms with Gasteiger partial charge in [0, 0.05) is 32.9 Å². The molecular weight excluding hydrogens is 789 g/mol. The number of aromatic nitrogens is 4. The molecule has 8 aromatic carbocycles. The van der Waals surface area contributed by atoms with E-state index in [-0.39, 0.29) is 5.41 Å². The largest absolute Gasteiger partial charge is 0.309 e. The second kappa shape index (κ2) is 17.9. The van der Waals surface area contributed by atoms with Crippen LogP contribution in [0.15, 0.2) is 201 Å². The first-order chi connectivity index (χ1) is 31.8. The SMILES string of the molecule is C#C.C=C(c1ccccc1)c1ccccc1C.CCc1ccc(-c2nc(-c3ccccc3)nc(-c3ccccc3)n2)cc1-n1c2ccccc2c2cc3c(cc21)C(C)(C)c1ccccc1-3. The van der Waals surface area contributed by atoms with Crippen LogP contribution in [0.2, 0.25) is 0 Å². The van der Waals surface area contributed by atoms with Gasteiger partial charge in [-0.3, -0.25) is 0 Å². The van der Waals surface area contributed by atoms with E-state index in [1.165, 1.54) is 66.3 Å². The number of terminal acetylenes is 1. The monoisotopic (exact) mass is 838 g/mol. The topological polar surface area (TPSA) is 43.6 Å². The summed E-state index contributed by atoms with van der Waals surface area (Å²) >= 11 is 0. The Kier molecular flexibility index (Phi) is 11.6. The molecule has 0 spiro atoms. The lowest BCUT2D eigenvalue weighted by Gasteiger charge is -2.22. The molecule has 0 amide bonds. The van der Waals surface area contributed by atoms with Gasteiger partial charge in [-0.15, -0.1) is 12.8 Å². The predicted octanol–water partition coefficient (Wildman–Crippen LogP) is 15.1. The summed E-state index contributed by atoms with van der Waals surface area (Å²) in [5, 5.41) is 2.52. The van der Waals surface area contributed by atoms with Gasteiger partial charge in [-0.2, -0.15) is 0 Å². The van der Waals surface area contributed by atoms with E-state index < -0.39 is 0 Å². The Morgan fingerprint density at radius 1 is 0.523 bits per heavy atom. The molecule has 0 aliphatic heterocycles. The van der Waals surface area contributed by atoms with Gasteiger partial charge in [-0.05, 0) is 87.7 Å². The van der Waals surface area contributed by atoms with E-state index in [1.54, 1.807) is 0 Å². The Hall–Kier alpha value is -8.13. The molecule has 0 fully saturated rings. The second-order valence-corrected chi connectivity index (χ2v) is 16.8. The van der Waals surface area contributed by atoms with E-state index in [9.17, 15) is 0 Å². The zero-order valence-corrected chi connectivity index (χ0v) is 37.3. The van der Waals surface area contributed by atoms with Gasteiger partial charge in [0.15, 0.2) is 17.5 Å². The van der Waals surface area contributed by atoms with E-state index in [4.69, 9.17) is 15.0 Å². The van der Waals surface area contributed by atoms with Crippen molar-refractivity contribution in [2.45, 2.75) is 39.5 Å². The Labute approximate surface area is 382 Å². The van der Waals surface area contributed by atoms with Gasteiger partial charge in [0.2, 0.25) is 0 Å². The maximum atomic E-state index is 5.06. The van der Waals surface area contributed by atoms with Crippen LogP contribution in [0.25, 0.3) is 78.4 Å². The van der Waals surface area contributed by atoms with Crippen molar-refractivity contribution in [1.82, 2.24) is 19.5 Å². The summed E-state index contributed by atoms with van der Waals surface area (Å²) in [6, 6.07) is 68.2. The first kappa shape index (κ1) is 42.2. The smallest absolute Gasteiger partial charge is 0.164 e. The third kappa shape index (κ3) is 7.83. The van der Waals surface area contributed by atoms with E-state index in [0.717, 1.165) is 34.4 Å². The average Bonchev–Trinajstić information content (AvgIpc) is 3.81. The van der Waals surface area contributed by atoms with Crippen molar-refractivity contribution < 1.29 is 0 Å². The van der Waals surface area contributed by atoms with Crippen LogP contribution in [0, 0.1) is 19.8 Å². The minimum absolute atomic E-state index is 0.0939. The molecule has 0 saturated carbocycles. The number of rotatable bonds is 7. The zero-order valence-electron chi connectivity index (χ0n) is 37.3. The molecular formula is C61H50N4. The summed E-state index contributed by atoms with van der Waals surface area (Å²) in [6.07, 6.45) is 8.90. The van der Waals surface area contributed by atoms with Crippen LogP contribution in [-0.2, 0) is 11.8 Å². The summed E-state index contributed by atoms with van der Waals surface area (Å²) in [4.78, 5) is 15.0. The number of aryl methyl sites for hydroxylation is 2. The number of nitrogens with zero attached hydrogens (tertiary/aromatic N) is 4. The average molecular weight is 839 g/mol. The molecule has 65 heavy (non-hydrogen) atoms. The highest BCUT2D eigenvalue weighted by Gasteiger charge is 2.36. The third-order valence-corrected chi connectivity index (χ3v) is 12.6. The lowest BCUT2D eigenvalue weighted by atomic mass is 9.82. The highest BCUT2D eigenvalue weighted by Crippen LogP contribution is 2.51. The molecule has 0 unspecified atom stereocenters. The molecule has 4 heteroatoms. The molecule has 11 rings (SSSR count). The van der Waals surface area contributed by atoms with Gasteiger partial charge in [0.1, 0.15) is 0 Å². The molecule has 0 saturated heterocycles.